The summed E-state index contributed by atoms with van der Waals surface area (Å²) in [7, 11) is 1.72. The molecule has 0 fully saturated rings. The minimum atomic E-state index is 0.191. The van der Waals surface area contributed by atoms with Crippen LogP contribution in [0.4, 0.5) is 0 Å². The molecule has 1 heterocycles. The molecule has 0 aromatic rings. The van der Waals surface area contributed by atoms with Gasteiger partial charge < -0.3 is 4.74 Å². The minimum Gasteiger partial charge on any atom is -0.481 e. The molecule has 2 rings (SSSR count). The summed E-state index contributed by atoms with van der Waals surface area (Å²) in [6, 6.07) is 0.191. The molecule has 0 saturated heterocycles. The Morgan fingerprint density at radius 1 is 1.35 bits per heavy atom. The van der Waals surface area contributed by atoms with E-state index in [4.69, 9.17) is 9.73 Å². The molecule has 2 aliphatic rings. The first kappa shape index (κ1) is 15.1. The Balaban J connectivity index is 2.22. The number of fused-ring (bicyclic) bond motifs is 1. The molecule has 0 aromatic carbocycles. The second-order valence-corrected chi connectivity index (χ2v) is 7.01. The van der Waals surface area contributed by atoms with Crippen LogP contribution in [0.5, 0.6) is 0 Å². The summed E-state index contributed by atoms with van der Waals surface area (Å²) < 4.78 is 5.55. The molecule has 0 N–H and O–H groups in total. The van der Waals surface area contributed by atoms with E-state index in [2.05, 4.69) is 39.5 Å². The Kier molecular flexibility index (Phi) is 4.52. The van der Waals surface area contributed by atoms with Gasteiger partial charge in [-0.25, -0.2) is 4.99 Å². The highest BCUT2D eigenvalue weighted by molar-refractivity contribution is 5.98. The highest BCUT2D eigenvalue weighted by atomic mass is 16.5. The third-order valence-electron chi connectivity index (χ3n) is 3.86. The lowest BCUT2D eigenvalue weighted by atomic mass is 9.84. The van der Waals surface area contributed by atoms with Gasteiger partial charge in [-0.3, -0.25) is 0 Å². The number of rotatable bonds is 2. The van der Waals surface area contributed by atoms with Crippen molar-refractivity contribution in [2.24, 2.45) is 10.4 Å². The number of methoxy groups -OCH3 is 1. The predicted molar refractivity (Wildman–Crippen MR) is 86.1 cm³/mol. The van der Waals surface area contributed by atoms with Crippen LogP contribution in [0, 0.1) is 5.41 Å². The van der Waals surface area contributed by atoms with Crippen molar-refractivity contribution in [3.05, 3.63) is 35.5 Å². The summed E-state index contributed by atoms with van der Waals surface area (Å²) >= 11 is 0. The molecule has 0 radical (unpaired) electrons. The van der Waals surface area contributed by atoms with Gasteiger partial charge in [0.1, 0.15) is 0 Å². The van der Waals surface area contributed by atoms with Gasteiger partial charge in [-0.1, -0.05) is 45.1 Å². The van der Waals surface area contributed by atoms with E-state index in [9.17, 15) is 0 Å². The molecule has 110 valence electrons. The zero-order valence-electron chi connectivity index (χ0n) is 13.3. The van der Waals surface area contributed by atoms with Crippen molar-refractivity contribution in [3.63, 3.8) is 0 Å². The zero-order valence-corrected chi connectivity index (χ0v) is 13.3. The van der Waals surface area contributed by atoms with Gasteiger partial charge in [-0.05, 0) is 43.1 Å². The third kappa shape index (κ3) is 3.62. The van der Waals surface area contributed by atoms with Gasteiger partial charge in [0.05, 0.1) is 13.2 Å². The van der Waals surface area contributed by atoms with Crippen LogP contribution in [-0.4, -0.2) is 19.0 Å². The SMILES string of the molecule is C=C(CC(C)(C)C)C1CCC2=CCCC=C2C(OC)=N1. The lowest BCUT2D eigenvalue weighted by Gasteiger charge is -2.23. The van der Waals surface area contributed by atoms with E-state index in [-0.39, 0.29) is 11.5 Å². The van der Waals surface area contributed by atoms with Gasteiger partial charge in [0.15, 0.2) is 0 Å². The minimum absolute atomic E-state index is 0.191. The molecular weight excluding hydrogens is 246 g/mol. The van der Waals surface area contributed by atoms with Crippen molar-refractivity contribution in [3.8, 4) is 0 Å². The monoisotopic (exact) mass is 273 g/mol. The van der Waals surface area contributed by atoms with Crippen molar-refractivity contribution in [1.29, 1.82) is 0 Å². The summed E-state index contributed by atoms with van der Waals surface area (Å²) in [5.74, 6) is 0.800. The Labute approximate surface area is 123 Å². The molecule has 1 atom stereocenters. The fraction of sp³-hybridized carbons (Fsp3) is 0.611. The fourth-order valence-corrected chi connectivity index (χ4v) is 3.01. The second kappa shape index (κ2) is 5.99. The maximum absolute atomic E-state index is 5.55. The lowest BCUT2D eigenvalue weighted by Crippen LogP contribution is -2.16. The summed E-state index contributed by atoms with van der Waals surface area (Å²) in [5.41, 5.74) is 4.11. The summed E-state index contributed by atoms with van der Waals surface area (Å²) in [6.07, 6.45) is 9.99. The van der Waals surface area contributed by atoms with E-state index in [1.54, 1.807) is 7.11 Å². The van der Waals surface area contributed by atoms with E-state index in [1.807, 2.05) is 0 Å². The van der Waals surface area contributed by atoms with Crippen LogP contribution < -0.4 is 0 Å². The average molecular weight is 273 g/mol. The van der Waals surface area contributed by atoms with Gasteiger partial charge >= 0.3 is 0 Å². The second-order valence-electron chi connectivity index (χ2n) is 7.01. The topological polar surface area (TPSA) is 21.6 Å². The molecule has 1 aliphatic heterocycles. The summed E-state index contributed by atoms with van der Waals surface area (Å²) in [5, 5.41) is 0. The van der Waals surface area contributed by atoms with E-state index < -0.39 is 0 Å². The van der Waals surface area contributed by atoms with Crippen molar-refractivity contribution in [2.45, 2.75) is 58.9 Å². The smallest absolute Gasteiger partial charge is 0.216 e. The summed E-state index contributed by atoms with van der Waals surface area (Å²) in [4.78, 5) is 4.85. The molecule has 1 unspecified atom stereocenters. The van der Waals surface area contributed by atoms with Crippen molar-refractivity contribution in [1.82, 2.24) is 0 Å². The van der Waals surface area contributed by atoms with E-state index in [1.165, 1.54) is 16.7 Å². The molecule has 2 nitrogen and oxygen atoms in total. The molecule has 0 saturated carbocycles. The number of aliphatic imine (C=N–C) groups is 1. The molecule has 1 aliphatic carbocycles. The van der Waals surface area contributed by atoms with Crippen LogP contribution in [0.3, 0.4) is 0 Å². The van der Waals surface area contributed by atoms with E-state index >= 15 is 0 Å². The van der Waals surface area contributed by atoms with Crippen molar-refractivity contribution < 1.29 is 4.74 Å². The quantitative estimate of drug-likeness (QED) is 0.660. The number of allylic oxidation sites excluding steroid dienone is 2. The summed E-state index contributed by atoms with van der Waals surface area (Å²) in [6.45, 7) is 11.0. The molecule has 0 aromatic heterocycles. The van der Waals surface area contributed by atoms with Gasteiger partial charge in [-0.15, -0.1) is 0 Å². The average Bonchev–Trinajstić information content (AvgIpc) is 2.56. The number of ether oxygens (including phenoxy) is 1. The van der Waals surface area contributed by atoms with Crippen LogP contribution in [0.2, 0.25) is 0 Å². The molecule has 20 heavy (non-hydrogen) atoms. The largest absolute Gasteiger partial charge is 0.481 e. The molecule has 0 amide bonds. The van der Waals surface area contributed by atoms with Crippen LogP contribution in [0.15, 0.2) is 40.4 Å². The predicted octanol–water partition coefficient (Wildman–Crippen LogP) is 4.83. The number of nitrogens with zero attached hydrogens (tertiary/aromatic N) is 1. The van der Waals surface area contributed by atoms with Crippen LogP contribution in [-0.2, 0) is 4.74 Å². The maximum Gasteiger partial charge on any atom is 0.216 e. The Hall–Kier alpha value is -1.31. The highest BCUT2D eigenvalue weighted by Crippen LogP contribution is 2.33. The van der Waals surface area contributed by atoms with Gasteiger partial charge in [0.2, 0.25) is 5.90 Å². The molecule has 0 spiro atoms. The number of hydrogen-bond acceptors (Lipinski definition) is 2. The Bertz CT molecular complexity index is 474. The molecule has 2 heteroatoms. The van der Waals surface area contributed by atoms with E-state index in [0.717, 1.165) is 38.0 Å². The third-order valence-corrected chi connectivity index (χ3v) is 3.86. The normalized spacial score (nSPS) is 23.0. The standard InChI is InChI=1S/C18H27NO/c1-13(12-18(2,3)4)16-11-10-14-8-6-7-9-15(14)17(19-16)20-5/h8-9,16H,1,6-7,10-12H2,2-5H3. The van der Waals surface area contributed by atoms with Gasteiger partial charge in [-0.2, -0.15) is 0 Å². The van der Waals surface area contributed by atoms with Crippen LogP contribution in [0.25, 0.3) is 0 Å². The van der Waals surface area contributed by atoms with Gasteiger partial charge in [0.25, 0.3) is 0 Å². The number of hydrogen-bond donors (Lipinski definition) is 0. The van der Waals surface area contributed by atoms with Crippen LogP contribution in [0.1, 0.15) is 52.9 Å². The first-order valence-corrected chi connectivity index (χ1v) is 7.60. The molecule has 0 bridgehead atoms. The first-order valence-electron chi connectivity index (χ1n) is 7.60. The zero-order chi connectivity index (χ0) is 14.8. The van der Waals surface area contributed by atoms with Gasteiger partial charge in [0, 0.05) is 5.57 Å². The van der Waals surface area contributed by atoms with E-state index in [0.29, 0.717) is 0 Å². The van der Waals surface area contributed by atoms with Crippen molar-refractivity contribution in [2.75, 3.05) is 7.11 Å². The van der Waals surface area contributed by atoms with Crippen molar-refractivity contribution >= 4 is 5.90 Å². The maximum atomic E-state index is 5.55. The first-order chi connectivity index (χ1) is 9.40. The molecular formula is C18H27NO. The fourth-order valence-electron chi connectivity index (χ4n) is 3.01. The Morgan fingerprint density at radius 2 is 2.05 bits per heavy atom. The highest BCUT2D eigenvalue weighted by Gasteiger charge is 2.25. The van der Waals surface area contributed by atoms with Crippen LogP contribution >= 0.6 is 0 Å². The Morgan fingerprint density at radius 3 is 2.70 bits per heavy atom. The lowest BCUT2D eigenvalue weighted by molar-refractivity contribution is 0.388.